The first kappa shape index (κ1) is 17.2. The summed E-state index contributed by atoms with van der Waals surface area (Å²) >= 11 is 6.09. The van der Waals surface area contributed by atoms with Gasteiger partial charge in [0.25, 0.3) is 11.8 Å². The van der Waals surface area contributed by atoms with Crippen molar-refractivity contribution in [2.75, 3.05) is 11.9 Å². The maximum atomic E-state index is 12.5. The van der Waals surface area contributed by atoms with Gasteiger partial charge in [-0.25, -0.2) is 0 Å². The summed E-state index contributed by atoms with van der Waals surface area (Å²) in [7, 11) is 0. The molecule has 1 aliphatic rings. The summed E-state index contributed by atoms with van der Waals surface area (Å²) in [6.07, 6.45) is 2.73. The Hall–Kier alpha value is -2.14. The first-order valence-corrected chi connectivity index (χ1v) is 7.97. The summed E-state index contributed by atoms with van der Waals surface area (Å²) < 4.78 is 0. The van der Waals surface area contributed by atoms with Gasteiger partial charge in [-0.3, -0.25) is 19.3 Å². The molecular formula is C17H19ClN2O3. The van der Waals surface area contributed by atoms with E-state index in [1.807, 2.05) is 0 Å². The third-order valence-corrected chi connectivity index (χ3v) is 3.94. The number of rotatable bonds is 6. The molecule has 0 fully saturated rings. The number of carbonyl (C=O) groups is 3. The van der Waals surface area contributed by atoms with E-state index in [-0.39, 0.29) is 22.4 Å². The van der Waals surface area contributed by atoms with E-state index in [4.69, 9.17) is 11.6 Å². The second kappa shape index (κ2) is 7.42. The fourth-order valence-corrected chi connectivity index (χ4v) is 2.74. The lowest BCUT2D eigenvalue weighted by molar-refractivity contribution is -0.136. The molecule has 1 heterocycles. The molecule has 122 valence electrons. The number of anilines is 1. The summed E-state index contributed by atoms with van der Waals surface area (Å²) in [4.78, 5) is 36.9. The number of carbonyl (C=O) groups excluding carboxylic acids is 3. The Morgan fingerprint density at radius 2 is 1.78 bits per heavy atom. The van der Waals surface area contributed by atoms with Gasteiger partial charge in [0.2, 0.25) is 5.91 Å². The van der Waals surface area contributed by atoms with Crippen molar-refractivity contribution in [3.63, 3.8) is 0 Å². The number of hydrogen-bond acceptors (Lipinski definition) is 3. The average molecular weight is 335 g/mol. The zero-order valence-electron chi connectivity index (χ0n) is 13.2. The number of hydrogen-bond donors (Lipinski definition) is 1. The average Bonchev–Trinajstić information content (AvgIpc) is 2.71. The Morgan fingerprint density at radius 3 is 2.35 bits per heavy atom. The van der Waals surface area contributed by atoms with E-state index in [2.05, 4.69) is 12.2 Å². The topological polar surface area (TPSA) is 66.5 Å². The fourth-order valence-electron chi connectivity index (χ4n) is 2.44. The molecule has 1 N–H and O–H groups in total. The molecule has 5 nitrogen and oxygen atoms in total. The van der Waals surface area contributed by atoms with Gasteiger partial charge in [-0.05, 0) is 24.1 Å². The monoisotopic (exact) mass is 334 g/mol. The Morgan fingerprint density at radius 1 is 1.13 bits per heavy atom. The van der Waals surface area contributed by atoms with Gasteiger partial charge in [0.05, 0.1) is 5.57 Å². The van der Waals surface area contributed by atoms with Gasteiger partial charge >= 0.3 is 0 Å². The first-order chi connectivity index (χ1) is 11.0. The van der Waals surface area contributed by atoms with Crippen molar-refractivity contribution in [3.05, 3.63) is 34.9 Å². The summed E-state index contributed by atoms with van der Waals surface area (Å²) in [5, 5.41) is 2.60. The lowest BCUT2D eigenvalue weighted by Gasteiger charge is -2.14. The first-order valence-electron chi connectivity index (χ1n) is 7.59. The number of nitrogens with one attached hydrogen (secondary N) is 1. The predicted octanol–water partition coefficient (Wildman–Crippen LogP) is 3.15. The van der Waals surface area contributed by atoms with Crippen LogP contribution in [0.15, 0.2) is 29.3 Å². The lowest BCUT2D eigenvalue weighted by atomic mass is 10.1. The number of benzene rings is 1. The quantitative estimate of drug-likeness (QED) is 0.642. The molecule has 0 spiro atoms. The van der Waals surface area contributed by atoms with Crippen LogP contribution < -0.4 is 5.32 Å². The molecule has 2 rings (SSSR count). The van der Waals surface area contributed by atoms with Crippen molar-refractivity contribution in [2.24, 2.45) is 0 Å². The number of amides is 3. The zero-order valence-corrected chi connectivity index (χ0v) is 13.9. The van der Waals surface area contributed by atoms with Crippen LogP contribution in [-0.2, 0) is 14.4 Å². The van der Waals surface area contributed by atoms with Crippen molar-refractivity contribution >= 4 is 40.6 Å². The standard InChI is InChI=1S/C17H19ClN2O3/c1-3-4-5-10-20-16(22)14(15(18)17(20)23)12-6-8-13(9-7-12)19-11(2)21/h6-9H,3-5,10H2,1-2H3,(H,19,21). The maximum Gasteiger partial charge on any atom is 0.273 e. The largest absolute Gasteiger partial charge is 0.326 e. The van der Waals surface area contributed by atoms with E-state index >= 15 is 0 Å². The fraction of sp³-hybridized carbons (Fsp3) is 0.353. The zero-order chi connectivity index (χ0) is 17.0. The van der Waals surface area contributed by atoms with Crippen molar-refractivity contribution in [2.45, 2.75) is 33.1 Å². The minimum Gasteiger partial charge on any atom is -0.326 e. The van der Waals surface area contributed by atoms with Gasteiger partial charge in [0, 0.05) is 19.2 Å². The molecule has 0 saturated carbocycles. The summed E-state index contributed by atoms with van der Waals surface area (Å²) in [6.45, 7) is 3.86. The smallest absolute Gasteiger partial charge is 0.273 e. The Balaban J connectivity index is 2.19. The van der Waals surface area contributed by atoms with Gasteiger partial charge < -0.3 is 5.32 Å². The van der Waals surface area contributed by atoms with Gasteiger partial charge in [0.15, 0.2) is 0 Å². The van der Waals surface area contributed by atoms with Crippen LogP contribution in [0.2, 0.25) is 0 Å². The molecule has 1 aromatic carbocycles. The second-order valence-electron chi connectivity index (χ2n) is 5.42. The highest BCUT2D eigenvalue weighted by molar-refractivity contribution is 6.55. The Labute approximate surface area is 140 Å². The molecule has 0 atom stereocenters. The van der Waals surface area contributed by atoms with E-state index in [1.54, 1.807) is 24.3 Å². The molecule has 1 aliphatic heterocycles. The summed E-state index contributed by atoms with van der Waals surface area (Å²) in [5.74, 6) is -0.971. The SMILES string of the molecule is CCCCCN1C(=O)C(Cl)=C(c2ccc(NC(C)=O)cc2)C1=O. The van der Waals surface area contributed by atoms with Gasteiger partial charge in [-0.15, -0.1) is 0 Å². The minimum absolute atomic E-state index is 0.0428. The molecule has 0 saturated heterocycles. The van der Waals surface area contributed by atoms with Gasteiger partial charge in [0.1, 0.15) is 5.03 Å². The van der Waals surface area contributed by atoms with Crippen LogP contribution in [0.1, 0.15) is 38.7 Å². The molecule has 0 bridgehead atoms. The van der Waals surface area contributed by atoms with Crippen molar-refractivity contribution in [1.82, 2.24) is 4.90 Å². The van der Waals surface area contributed by atoms with Crippen molar-refractivity contribution in [3.8, 4) is 0 Å². The molecule has 0 aromatic heterocycles. The highest BCUT2D eigenvalue weighted by Gasteiger charge is 2.37. The summed E-state index contributed by atoms with van der Waals surface area (Å²) in [6, 6.07) is 6.68. The molecule has 0 aliphatic carbocycles. The third kappa shape index (κ3) is 3.79. The van der Waals surface area contributed by atoms with Crippen LogP contribution in [0, 0.1) is 0 Å². The number of imide groups is 1. The van der Waals surface area contributed by atoms with E-state index in [0.29, 0.717) is 17.8 Å². The van der Waals surface area contributed by atoms with Crippen LogP contribution in [0.4, 0.5) is 5.69 Å². The minimum atomic E-state index is -0.436. The number of halogens is 1. The maximum absolute atomic E-state index is 12.5. The second-order valence-corrected chi connectivity index (χ2v) is 5.79. The van der Waals surface area contributed by atoms with E-state index in [1.165, 1.54) is 11.8 Å². The highest BCUT2D eigenvalue weighted by Crippen LogP contribution is 2.32. The highest BCUT2D eigenvalue weighted by atomic mass is 35.5. The van der Waals surface area contributed by atoms with E-state index in [9.17, 15) is 14.4 Å². The van der Waals surface area contributed by atoms with Crippen LogP contribution in [0.25, 0.3) is 5.57 Å². The molecule has 3 amide bonds. The predicted molar refractivity (Wildman–Crippen MR) is 89.8 cm³/mol. The normalized spacial score (nSPS) is 14.7. The number of unbranched alkanes of at least 4 members (excludes halogenated alkanes) is 2. The molecule has 6 heteroatoms. The number of nitrogens with zero attached hydrogens (tertiary/aromatic N) is 1. The molecule has 0 unspecified atom stereocenters. The third-order valence-electron chi connectivity index (χ3n) is 3.59. The van der Waals surface area contributed by atoms with Crippen LogP contribution in [0.5, 0.6) is 0 Å². The van der Waals surface area contributed by atoms with Crippen LogP contribution in [0.3, 0.4) is 0 Å². The van der Waals surface area contributed by atoms with Crippen molar-refractivity contribution in [1.29, 1.82) is 0 Å². The van der Waals surface area contributed by atoms with Crippen LogP contribution in [-0.4, -0.2) is 29.2 Å². The molecule has 23 heavy (non-hydrogen) atoms. The lowest BCUT2D eigenvalue weighted by Crippen LogP contribution is -2.32. The van der Waals surface area contributed by atoms with E-state index in [0.717, 1.165) is 19.3 Å². The summed E-state index contributed by atoms with van der Waals surface area (Å²) in [5.41, 5.74) is 1.41. The van der Waals surface area contributed by atoms with Crippen molar-refractivity contribution < 1.29 is 14.4 Å². The molecule has 1 aromatic rings. The Kier molecular flexibility index (Phi) is 5.55. The van der Waals surface area contributed by atoms with E-state index < -0.39 is 5.91 Å². The molecule has 0 radical (unpaired) electrons. The Bertz CT molecular complexity index is 665. The molecular weight excluding hydrogens is 316 g/mol. The van der Waals surface area contributed by atoms with Crippen LogP contribution >= 0.6 is 11.6 Å². The van der Waals surface area contributed by atoms with Gasteiger partial charge in [-0.1, -0.05) is 43.5 Å². The van der Waals surface area contributed by atoms with Gasteiger partial charge in [-0.2, -0.15) is 0 Å².